The van der Waals surface area contributed by atoms with Crippen LogP contribution in [-0.4, -0.2) is 47.0 Å². The molecule has 1 aromatic rings. The molecule has 0 saturated carbocycles. The molecule has 1 aromatic heterocycles. The van der Waals surface area contributed by atoms with Crippen molar-refractivity contribution in [1.82, 2.24) is 25.5 Å². The highest BCUT2D eigenvalue weighted by atomic mass is 32.2. The summed E-state index contributed by atoms with van der Waals surface area (Å²) >= 11 is 0. The molecule has 0 aliphatic carbocycles. The number of aromatic nitrogens is 4. The Hall–Kier alpha value is -1.22. The SMILES string of the molecule is Cn1nnc(NS(=O)(=O)C2CCCNC2)n1. The topological polar surface area (TPSA) is 102 Å². The molecule has 0 bridgehead atoms. The monoisotopic (exact) mass is 246 g/mol. The van der Waals surface area contributed by atoms with E-state index in [1.807, 2.05) is 0 Å². The van der Waals surface area contributed by atoms with Crippen LogP contribution in [0.25, 0.3) is 0 Å². The molecular formula is C7H14N6O2S. The van der Waals surface area contributed by atoms with Gasteiger partial charge in [0.15, 0.2) is 0 Å². The minimum absolute atomic E-state index is 0.0214. The standard InChI is InChI=1S/C7H14N6O2S/c1-13-10-7(9-12-13)11-16(14,15)6-3-2-4-8-5-6/h6,8H,2-5H2,1H3,(H,10,11). The van der Waals surface area contributed by atoms with Gasteiger partial charge in [-0.2, -0.15) is 4.80 Å². The van der Waals surface area contributed by atoms with Gasteiger partial charge in [-0.25, -0.2) is 13.1 Å². The molecule has 2 N–H and O–H groups in total. The zero-order chi connectivity index (χ0) is 11.6. The average Bonchev–Trinajstić information content (AvgIpc) is 2.64. The molecule has 1 unspecified atom stereocenters. The lowest BCUT2D eigenvalue weighted by atomic mass is 10.2. The summed E-state index contributed by atoms with van der Waals surface area (Å²) in [6.45, 7) is 1.34. The summed E-state index contributed by atoms with van der Waals surface area (Å²) in [6.07, 6.45) is 1.52. The van der Waals surface area contributed by atoms with Crippen molar-refractivity contribution in [3.05, 3.63) is 0 Å². The Morgan fingerprint density at radius 3 is 2.94 bits per heavy atom. The molecule has 90 valence electrons. The predicted molar refractivity (Wildman–Crippen MR) is 57.2 cm³/mol. The Bertz CT molecular complexity index is 449. The fraction of sp³-hybridized carbons (Fsp3) is 0.857. The first-order chi connectivity index (χ1) is 7.58. The molecule has 1 aliphatic heterocycles. The molecule has 2 rings (SSSR count). The largest absolute Gasteiger partial charge is 0.315 e. The van der Waals surface area contributed by atoms with Gasteiger partial charge in [-0.1, -0.05) is 5.10 Å². The lowest BCUT2D eigenvalue weighted by molar-refractivity contribution is 0.499. The highest BCUT2D eigenvalue weighted by Gasteiger charge is 2.28. The smallest absolute Gasteiger partial charge is 0.276 e. The second-order valence-corrected chi connectivity index (χ2v) is 5.68. The van der Waals surface area contributed by atoms with Crippen molar-refractivity contribution in [3.63, 3.8) is 0 Å². The molecule has 0 radical (unpaired) electrons. The van der Waals surface area contributed by atoms with E-state index in [1.165, 1.54) is 4.80 Å². The van der Waals surface area contributed by atoms with Crippen LogP contribution in [0.4, 0.5) is 5.95 Å². The van der Waals surface area contributed by atoms with Crippen LogP contribution in [0.5, 0.6) is 0 Å². The van der Waals surface area contributed by atoms with Gasteiger partial charge in [0.1, 0.15) is 0 Å². The van der Waals surface area contributed by atoms with Gasteiger partial charge in [0, 0.05) is 6.54 Å². The zero-order valence-electron chi connectivity index (χ0n) is 8.92. The van der Waals surface area contributed by atoms with Crippen molar-refractivity contribution in [2.75, 3.05) is 17.8 Å². The van der Waals surface area contributed by atoms with Gasteiger partial charge in [0.2, 0.25) is 10.0 Å². The van der Waals surface area contributed by atoms with E-state index in [9.17, 15) is 8.42 Å². The Balaban J connectivity index is 2.07. The van der Waals surface area contributed by atoms with Crippen LogP contribution in [0.15, 0.2) is 0 Å². The van der Waals surface area contributed by atoms with Crippen molar-refractivity contribution >= 4 is 16.0 Å². The summed E-state index contributed by atoms with van der Waals surface area (Å²) in [5, 5.41) is 13.5. The summed E-state index contributed by atoms with van der Waals surface area (Å²) in [7, 11) is -1.84. The normalized spacial score (nSPS) is 21.9. The molecule has 8 nitrogen and oxygen atoms in total. The number of piperidine rings is 1. The van der Waals surface area contributed by atoms with Gasteiger partial charge in [0.05, 0.1) is 12.3 Å². The highest BCUT2D eigenvalue weighted by molar-refractivity contribution is 7.93. The number of tetrazole rings is 1. The van der Waals surface area contributed by atoms with E-state index in [-0.39, 0.29) is 5.95 Å². The molecular weight excluding hydrogens is 232 g/mol. The predicted octanol–water partition coefficient (Wildman–Crippen LogP) is -1.30. The molecule has 1 aliphatic rings. The third-order valence-electron chi connectivity index (χ3n) is 2.43. The summed E-state index contributed by atoms with van der Waals surface area (Å²) in [4.78, 5) is 1.21. The molecule has 9 heteroatoms. The lowest BCUT2D eigenvalue weighted by Crippen LogP contribution is -2.41. The molecule has 1 fully saturated rings. The van der Waals surface area contributed by atoms with Crippen molar-refractivity contribution in [2.24, 2.45) is 7.05 Å². The van der Waals surface area contributed by atoms with Gasteiger partial charge < -0.3 is 5.32 Å². The summed E-state index contributed by atoms with van der Waals surface area (Å²) in [6, 6.07) is 0. The van der Waals surface area contributed by atoms with Gasteiger partial charge in [0.25, 0.3) is 5.95 Å². The van der Waals surface area contributed by atoms with Gasteiger partial charge in [-0.3, -0.25) is 0 Å². The van der Waals surface area contributed by atoms with Crippen molar-refractivity contribution < 1.29 is 8.42 Å². The van der Waals surface area contributed by atoms with E-state index in [4.69, 9.17) is 0 Å². The lowest BCUT2D eigenvalue weighted by Gasteiger charge is -2.22. The molecule has 2 heterocycles. The van der Waals surface area contributed by atoms with Crippen LogP contribution >= 0.6 is 0 Å². The second kappa shape index (κ2) is 4.34. The van der Waals surface area contributed by atoms with Gasteiger partial charge in [-0.15, -0.1) is 5.10 Å². The van der Waals surface area contributed by atoms with Crippen molar-refractivity contribution in [3.8, 4) is 0 Å². The van der Waals surface area contributed by atoms with E-state index < -0.39 is 15.3 Å². The third kappa shape index (κ3) is 2.47. The summed E-state index contributed by atoms with van der Waals surface area (Å²) < 4.78 is 26.1. The maximum Gasteiger partial charge on any atom is 0.276 e. The number of nitrogens with zero attached hydrogens (tertiary/aromatic N) is 4. The second-order valence-electron chi connectivity index (χ2n) is 3.72. The van der Waals surface area contributed by atoms with Crippen LogP contribution in [0.1, 0.15) is 12.8 Å². The number of hydrogen-bond acceptors (Lipinski definition) is 6. The Kier molecular flexibility index (Phi) is 3.06. The summed E-state index contributed by atoms with van der Waals surface area (Å²) in [5.41, 5.74) is 0. The van der Waals surface area contributed by atoms with E-state index in [1.54, 1.807) is 7.05 Å². The third-order valence-corrected chi connectivity index (χ3v) is 4.18. The first kappa shape index (κ1) is 11.3. The quantitative estimate of drug-likeness (QED) is 0.687. The minimum atomic E-state index is -3.41. The number of nitrogens with one attached hydrogen (secondary N) is 2. The number of rotatable bonds is 3. The number of hydrogen-bond donors (Lipinski definition) is 2. The maximum atomic E-state index is 11.9. The van der Waals surface area contributed by atoms with Gasteiger partial charge >= 0.3 is 0 Å². The van der Waals surface area contributed by atoms with Crippen LogP contribution in [-0.2, 0) is 17.1 Å². The molecule has 0 aromatic carbocycles. The molecule has 0 amide bonds. The van der Waals surface area contributed by atoms with E-state index in [0.29, 0.717) is 13.0 Å². The molecule has 1 atom stereocenters. The fourth-order valence-electron chi connectivity index (χ4n) is 1.62. The van der Waals surface area contributed by atoms with E-state index in [0.717, 1.165) is 13.0 Å². The van der Waals surface area contributed by atoms with Gasteiger partial charge in [-0.05, 0) is 24.6 Å². The molecule has 16 heavy (non-hydrogen) atoms. The van der Waals surface area contributed by atoms with Crippen LogP contribution in [0.3, 0.4) is 0 Å². The maximum absolute atomic E-state index is 11.9. The van der Waals surface area contributed by atoms with Crippen molar-refractivity contribution in [2.45, 2.75) is 18.1 Å². The number of aryl methyl sites for hydroxylation is 1. The first-order valence-corrected chi connectivity index (χ1v) is 6.59. The van der Waals surface area contributed by atoms with Crippen LogP contribution in [0.2, 0.25) is 0 Å². The first-order valence-electron chi connectivity index (χ1n) is 5.04. The molecule has 1 saturated heterocycles. The van der Waals surface area contributed by atoms with Crippen molar-refractivity contribution in [1.29, 1.82) is 0 Å². The Morgan fingerprint density at radius 2 is 2.38 bits per heavy atom. The van der Waals surface area contributed by atoms with E-state index >= 15 is 0 Å². The Morgan fingerprint density at radius 1 is 1.56 bits per heavy atom. The molecule has 0 spiro atoms. The Labute approximate surface area is 93.5 Å². The number of anilines is 1. The van der Waals surface area contributed by atoms with E-state index in [2.05, 4.69) is 25.4 Å². The van der Waals surface area contributed by atoms with Crippen LogP contribution < -0.4 is 10.0 Å². The van der Waals surface area contributed by atoms with Crippen LogP contribution in [0, 0.1) is 0 Å². The highest BCUT2D eigenvalue weighted by Crippen LogP contribution is 2.13. The average molecular weight is 246 g/mol. The minimum Gasteiger partial charge on any atom is -0.315 e. The summed E-state index contributed by atoms with van der Waals surface area (Å²) in [5.74, 6) is 0.0214. The number of sulfonamides is 1. The zero-order valence-corrected chi connectivity index (χ0v) is 9.74. The fourth-order valence-corrected chi connectivity index (χ4v) is 2.94.